The molecule has 4 N–H and O–H groups in total. The molecule has 2 aliphatic rings. The van der Waals surface area contributed by atoms with Crippen molar-refractivity contribution in [2.75, 3.05) is 19.8 Å². The van der Waals surface area contributed by atoms with Gasteiger partial charge in [-0.3, -0.25) is 0 Å². The van der Waals surface area contributed by atoms with Gasteiger partial charge in [-0.2, -0.15) is 0 Å². The Kier molecular flexibility index (Phi) is 4.25. The number of nitrogens with one attached hydrogen (secondary N) is 1. The number of fused-ring (bicyclic) bond motifs is 1. The maximum Gasteiger partial charge on any atom is 0.119 e. The Morgan fingerprint density at radius 3 is 2.78 bits per heavy atom. The summed E-state index contributed by atoms with van der Waals surface area (Å²) >= 11 is 0. The van der Waals surface area contributed by atoms with E-state index in [2.05, 4.69) is 5.32 Å². The summed E-state index contributed by atoms with van der Waals surface area (Å²) in [6.45, 7) is 4.68. The molecule has 1 unspecified atom stereocenters. The van der Waals surface area contributed by atoms with E-state index in [0.29, 0.717) is 6.54 Å². The van der Waals surface area contributed by atoms with Crippen LogP contribution in [0.4, 0.5) is 0 Å². The monoisotopic (exact) mass is 261 g/mol. The summed E-state index contributed by atoms with van der Waals surface area (Å²) in [5.74, 6) is 0. The zero-order valence-corrected chi connectivity index (χ0v) is 10.9. The maximum atomic E-state index is 10.5. The van der Waals surface area contributed by atoms with E-state index in [1.807, 2.05) is 13.8 Å². The van der Waals surface area contributed by atoms with Gasteiger partial charge in [0.1, 0.15) is 23.9 Å². The van der Waals surface area contributed by atoms with Gasteiger partial charge in [-0.05, 0) is 0 Å². The number of aliphatic hydroxyl groups excluding tert-OH is 2. The number of hydrogen-bond donors (Lipinski definition) is 4. The van der Waals surface area contributed by atoms with Crippen LogP contribution < -0.4 is 5.32 Å². The topological polar surface area (TPSA) is 91.2 Å². The SMILES string of the molecule is CC(C)NCC(O)C[C@@]1(O)CO[C@@H]2[C@@H](O)CO[C@@H]21. The molecule has 106 valence electrons. The third-order valence-electron chi connectivity index (χ3n) is 3.53. The van der Waals surface area contributed by atoms with Crippen molar-refractivity contribution in [3.63, 3.8) is 0 Å². The Labute approximate surface area is 107 Å². The highest BCUT2D eigenvalue weighted by atomic mass is 16.6. The minimum Gasteiger partial charge on any atom is -0.392 e. The van der Waals surface area contributed by atoms with Crippen molar-refractivity contribution in [2.45, 2.75) is 56.3 Å². The highest BCUT2D eigenvalue weighted by Crippen LogP contribution is 2.36. The summed E-state index contributed by atoms with van der Waals surface area (Å²) in [6.07, 6.45) is -2.18. The summed E-state index contributed by atoms with van der Waals surface area (Å²) in [5.41, 5.74) is -1.21. The van der Waals surface area contributed by atoms with Gasteiger partial charge < -0.3 is 30.1 Å². The van der Waals surface area contributed by atoms with Crippen molar-refractivity contribution >= 4 is 0 Å². The summed E-state index contributed by atoms with van der Waals surface area (Å²) in [7, 11) is 0. The smallest absolute Gasteiger partial charge is 0.119 e. The quantitative estimate of drug-likeness (QED) is 0.488. The van der Waals surface area contributed by atoms with Gasteiger partial charge in [-0.1, -0.05) is 13.8 Å². The van der Waals surface area contributed by atoms with Crippen LogP contribution in [0.3, 0.4) is 0 Å². The number of rotatable bonds is 5. The Morgan fingerprint density at radius 1 is 1.39 bits per heavy atom. The van der Waals surface area contributed by atoms with Gasteiger partial charge in [0.2, 0.25) is 0 Å². The molecule has 0 amide bonds. The summed E-state index contributed by atoms with van der Waals surface area (Å²) in [6, 6.07) is 0.284. The van der Waals surface area contributed by atoms with Crippen molar-refractivity contribution in [2.24, 2.45) is 0 Å². The van der Waals surface area contributed by atoms with Crippen molar-refractivity contribution in [3.05, 3.63) is 0 Å². The third-order valence-corrected chi connectivity index (χ3v) is 3.53. The van der Waals surface area contributed by atoms with E-state index in [1.54, 1.807) is 0 Å². The van der Waals surface area contributed by atoms with E-state index in [9.17, 15) is 15.3 Å². The van der Waals surface area contributed by atoms with E-state index in [1.165, 1.54) is 0 Å². The van der Waals surface area contributed by atoms with Crippen LogP contribution >= 0.6 is 0 Å². The molecular weight excluding hydrogens is 238 g/mol. The molecular formula is C12H23NO5. The van der Waals surface area contributed by atoms with Crippen LogP contribution in [0.1, 0.15) is 20.3 Å². The lowest BCUT2D eigenvalue weighted by molar-refractivity contribution is -0.0915. The predicted octanol–water partition coefficient (Wildman–Crippen LogP) is -1.37. The molecule has 2 saturated heterocycles. The average molecular weight is 261 g/mol. The highest BCUT2D eigenvalue weighted by Gasteiger charge is 2.56. The normalized spacial score (nSPS) is 41.3. The second kappa shape index (κ2) is 5.40. The van der Waals surface area contributed by atoms with Crippen LogP contribution in [-0.4, -0.2) is 71.1 Å². The van der Waals surface area contributed by atoms with Crippen molar-refractivity contribution < 1.29 is 24.8 Å². The van der Waals surface area contributed by atoms with Crippen LogP contribution in [-0.2, 0) is 9.47 Å². The lowest BCUT2D eigenvalue weighted by atomic mass is 9.90. The highest BCUT2D eigenvalue weighted by molar-refractivity contribution is 5.04. The molecule has 0 aromatic carbocycles. The molecule has 5 atom stereocenters. The predicted molar refractivity (Wildman–Crippen MR) is 64.2 cm³/mol. The molecule has 0 aromatic heterocycles. The van der Waals surface area contributed by atoms with Crippen molar-refractivity contribution in [3.8, 4) is 0 Å². The zero-order valence-electron chi connectivity index (χ0n) is 10.9. The summed E-state index contributed by atoms with van der Waals surface area (Å²) in [5, 5.41) is 33.1. The van der Waals surface area contributed by atoms with Gasteiger partial charge >= 0.3 is 0 Å². The molecule has 18 heavy (non-hydrogen) atoms. The van der Waals surface area contributed by atoms with Crippen molar-refractivity contribution in [1.82, 2.24) is 5.32 Å². The van der Waals surface area contributed by atoms with E-state index < -0.39 is 30.0 Å². The van der Waals surface area contributed by atoms with Crippen LogP contribution in [0.2, 0.25) is 0 Å². The molecule has 6 heteroatoms. The lowest BCUT2D eigenvalue weighted by Crippen LogP contribution is -2.48. The Hall–Kier alpha value is -0.240. The fourth-order valence-corrected chi connectivity index (χ4v) is 2.60. The Balaban J connectivity index is 1.88. The molecule has 0 bridgehead atoms. The molecule has 0 aromatic rings. The van der Waals surface area contributed by atoms with Gasteiger partial charge in [0.15, 0.2) is 0 Å². The lowest BCUT2D eigenvalue weighted by Gasteiger charge is -2.29. The van der Waals surface area contributed by atoms with E-state index >= 15 is 0 Å². The minimum absolute atomic E-state index is 0.0954. The second-order valence-electron chi connectivity index (χ2n) is 5.62. The fraction of sp³-hybridized carbons (Fsp3) is 1.00. The van der Waals surface area contributed by atoms with Crippen LogP contribution in [0, 0.1) is 0 Å². The van der Waals surface area contributed by atoms with Gasteiger partial charge in [0.25, 0.3) is 0 Å². The van der Waals surface area contributed by atoms with E-state index in [4.69, 9.17) is 9.47 Å². The average Bonchev–Trinajstić information content (AvgIpc) is 2.80. The Bertz CT molecular complexity index is 288. The molecule has 2 heterocycles. The molecule has 0 saturated carbocycles. The molecule has 0 spiro atoms. The fourth-order valence-electron chi connectivity index (χ4n) is 2.60. The molecule has 2 rings (SSSR count). The molecule has 2 aliphatic heterocycles. The number of ether oxygens (including phenoxy) is 2. The van der Waals surface area contributed by atoms with E-state index in [0.717, 1.165) is 0 Å². The van der Waals surface area contributed by atoms with Gasteiger partial charge in [0.05, 0.1) is 19.3 Å². The number of aliphatic hydroxyl groups is 3. The summed E-state index contributed by atoms with van der Waals surface area (Å²) < 4.78 is 10.7. The van der Waals surface area contributed by atoms with Crippen LogP contribution in [0.5, 0.6) is 0 Å². The second-order valence-corrected chi connectivity index (χ2v) is 5.62. The van der Waals surface area contributed by atoms with Crippen LogP contribution in [0.25, 0.3) is 0 Å². The van der Waals surface area contributed by atoms with Crippen LogP contribution in [0.15, 0.2) is 0 Å². The zero-order chi connectivity index (χ0) is 13.3. The van der Waals surface area contributed by atoms with E-state index in [-0.39, 0.29) is 25.7 Å². The molecule has 2 fully saturated rings. The summed E-state index contributed by atoms with van der Waals surface area (Å²) in [4.78, 5) is 0. The standard InChI is InChI=1S/C12H23NO5/c1-7(2)13-4-8(14)3-12(16)6-18-10-9(15)5-17-11(10)12/h7-11,13-16H,3-6H2,1-2H3/t8?,9-,10+,11-,12+/m0/s1. The first kappa shape index (κ1) is 14.2. The van der Waals surface area contributed by atoms with Gasteiger partial charge in [-0.15, -0.1) is 0 Å². The molecule has 6 nitrogen and oxygen atoms in total. The Morgan fingerprint density at radius 2 is 2.11 bits per heavy atom. The number of hydrogen-bond acceptors (Lipinski definition) is 6. The third kappa shape index (κ3) is 2.84. The first-order chi connectivity index (χ1) is 8.42. The van der Waals surface area contributed by atoms with Gasteiger partial charge in [-0.25, -0.2) is 0 Å². The first-order valence-corrected chi connectivity index (χ1v) is 6.47. The molecule has 0 radical (unpaired) electrons. The first-order valence-electron chi connectivity index (χ1n) is 6.47. The largest absolute Gasteiger partial charge is 0.392 e. The molecule has 0 aliphatic carbocycles. The maximum absolute atomic E-state index is 10.5. The minimum atomic E-state index is -1.21. The van der Waals surface area contributed by atoms with Gasteiger partial charge in [0, 0.05) is 19.0 Å². The van der Waals surface area contributed by atoms with Crippen molar-refractivity contribution in [1.29, 1.82) is 0 Å².